The Morgan fingerprint density at radius 2 is 1.62 bits per heavy atom. The topological polar surface area (TPSA) is 34.1 Å². The molecule has 0 saturated heterocycles. The van der Waals surface area contributed by atoms with Crippen LogP contribution >= 0.6 is 15.9 Å². The van der Waals surface area contributed by atoms with Gasteiger partial charge in [-0.2, -0.15) is 0 Å². The van der Waals surface area contributed by atoms with Gasteiger partial charge in [-0.05, 0) is 17.7 Å². The Kier molecular flexibility index (Phi) is 4.03. The van der Waals surface area contributed by atoms with Crippen LogP contribution in [-0.2, 0) is 16.0 Å². The molecule has 0 N–H and O–H groups in total. The van der Waals surface area contributed by atoms with Crippen LogP contribution in [0.15, 0.2) is 28.7 Å². The molecule has 86 valence electrons. The van der Waals surface area contributed by atoms with Crippen LogP contribution in [0.25, 0.3) is 0 Å². The molecule has 0 aliphatic rings. The van der Waals surface area contributed by atoms with Crippen molar-refractivity contribution in [2.75, 3.05) is 0 Å². The molecule has 3 heteroatoms. The van der Waals surface area contributed by atoms with Crippen molar-refractivity contribution in [2.45, 2.75) is 27.2 Å². The van der Waals surface area contributed by atoms with Gasteiger partial charge in [-0.25, -0.2) is 0 Å². The van der Waals surface area contributed by atoms with Crippen molar-refractivity contribution in [2.24, 2.45) is 5.41 Å². The maximum absolute atomic E-state index is 11.7. The lowest BCUT2D eigenvalue weighted by molar-refractivity contribution is -0.140. The van der Waals surface area contributed by atoms with Gasteiger partial charge in [0, 0.05) is 16.3 Å². The number of ketones is 2. The van der Waals surface area contributed by atoms with E-state index in [4.69, 9.17) is 0 Å². The summed E-state index contributed by atoms with van der Waals surface area (Å²) in [6.45, 7) is 5.28. The van der Waals surface area contributed by atoms with Crippen LogP contribution in [0.3, 0.4) is 0 Å². The minimum atomic E-state index is -0.591. The first kappa shape index (κ1) is 13.1. The second-order valence-electron chi connectivity index (χ2n) is 4.81. The molecule has 0 bridgehead atoms. The number of hydrogen-bond donors (Lipinski definition) is 0. The zero-order valence-electron chi connectivity index (χ0n) is 9.71. The highest BCUT2D eigenvalue weighted by atomic mass is 79.9. The van der Waals surface area contributed by atoms with Crippen LogP contribution in [0.4, 0.5) is 0 Å². The third kappa shape index (κ3) is 3.56. The molecule has 0 radical (unpaired) electrons. The lowest BCUT2D eigenvalue weighted by Gasteiger charge is -2.15. The highest BCUT2D eigenvalue weighted by molar-refractivity contribution is 9.10. The first-order valence-corrected chi connectivity index (χ1v) is 5.92. The van der Waals surface area contributed by atoms with Gasteiger partial charge in [0.1, 0.15) is 0 Å². The van der Waals surface area contributed by atoms with Gasteiger partial charge in [-0.1, -0.05) is 48.8 Å². The zero-order valence-corrected chi connectivity index (χ0v) is 11.3. The smallest absolute Gasteiger partial charge is 0.204 e. The van der Waals surface area contributed by atoms with Crippen LogP contribution < -0.4 is 0 Å². The second-order valence-corrected chi connectivity index (χ2v) is 5.72. The molecule has 1 rings (SSSR count). The van der Waals surface area contributed by atoms with E-state index < -0.39 is 5.41 Å². The number of hydrogen-bond acceptors (Lipinski definition) is 2. The molecule has 0 atom stereocenters. The largest absolute Gasteiger partial charge is 0.290 e. The lowest BCUT2D eigenvalue weighted by Crippen LogP contribution is -2.29. The standard InChI is InChI=1S/C13H15BrO2/c1-13(2,3)12(16)11(15)8-9-4-6-10(14)7-5-9/h4-7H,8H2,1-3H3. The molecule has 16 heavy (non-hydrogen) atoms. The van der Waals surface area contributed by atoms with Gasteiger partial charge in [-0.15, -0.1) is 0 Å². The summed E-state index contributed by atoms with van der Waals surface area (Å²) < 4.78 is 0.964. The molecule has 0 fully saturated rings. The van der Waals surface area contributed by atoms with Crippen molar-refractivity contribution >= 4 is 27.5 Å². The molecular formula is C13H15BrO2. The Bertz CT molecular complexity index is 399. The summed E-state index contributed by atoms with van der Waals surface area (Å²) in [5.41, 5.74) is 0.276. The molecular weight excluding hydrogens is 268 g/mol. The van der Waals surface area contributed by atoms with Crippen LogP contribution in [0.2, 0.25) is 0 Å². The van der Waals surface area contributed by atoms with E-state index in [0.29, 0.717) is 0 Å². The normalized spacial score (nSPS) is 11.2. The quantitative estimate of drug-likeness (QED) is 0.798. The Labute approximate surface area is 104 Å². The molecule has 0 aliphatic carbocycles. The summed E-state index contributed by atoms with van der Waals surface area (Å²) in [5, 5.41) is 0. The molecule has 0 aromatic heterocycles. The lowest BCUT2D eigenvalue weighted by atomic mass is 9.86. The third-order valence-corrected chi connectivity index (χ3v) is 2.74. The Hall–Kier alpha value is -0.960. The van der Waals surface area contributed by atoms with Crippen molar-refractivity contribution in [1.29, 1.82) is 0 Å². The molecule has 0 aliphatic heterocycles. The van der Waals surface area contributed by atoms with Crippen molar-refractivity contribution in [3.05, 3.63) is 34.3 Å². The number of halogens is 1. The summed E-state index contributed by atoms with van der Waals surface area (Å²) >= 11 is 3.32. The fourth-order valence-electron chi connectivity index (χ4n) is 1.29. The fourth-order valence-corrected chi connectivity index (χ4v) is 1.55. The maximum atomic E-state index is 11.7. The molecule has 0 heterocycles. The van der Waals surface area contributed by atoms with Gasteiger partial charge in [0.2, 0.25) is 11.6 Å². The maximum Gasteiger partial charge on any atom is 0.204 e. The number of carbonyl (C=O) groups is 2. The molecule has 0 saturated carbocycles. The summed E-state index contributed by atoms with van der Waals surface area (Å²) in [5.74, 6) is -0.634. The van der Waals surface area contributed by atoms with Crippen LogP contribution in [0.1, 0.15) is 26.3 Å². The SMILES string of the molecule is CC(C)(C)C(=O)C(=O)Cc1ccc(Br)cc1. The third-order valence-electron chi connectivity index (χ3n) is 2.21. The van der Waals surface area contributed by atoms with Crippen molar-refractivity contribution in [3.8, 4) is 0 Å². The average molecular weight is 283 g/mol. The average Bonchev–Trinajstić information content (AvgIpc) is 2.19. The first-order chi connectivity index (χ1) is 7.30. The van der Waals surface area contributed by atoms with Gasteiger partial charge < -0.3 is 0 Å². The van der Waals surface area contributed by atoms with Crippen molar-refractivity contribution < 1.29 is 9.59 Å². The molecule has 0 spiro atoms. The fraction of sp³-hybridized carbons (Fsp3) is 0.385. The molecule has 2 nitrogen and oxygen atoms in total. The zero-order chi connectivity index (χ0) is 12.3. The summed E-state index contributed by atoms with van der Waals surface area (Å²) in [4.78, 5) is 23.4. The van der Waals surface area contributed by atoms with Gasteiger partial charge >= 0.3 is 0 Å². The van der Waals surface area contributed by atoms with E-state index in [1.165, 1.54) is 0 Å². The minimum Gasteiger partial charge on any atom is -0.290 e. The van der Waals surface area contributed by atoms with Gasteiger partial charge in [0.25, 0.3) is 0 Å². The Balaban J connectivity index is 2.72. The van der Waals surface area contributed by atoms with E-state index >= 15 is 0 Å². The summed E-state index contributed by atoms with van der Waals surface area (Å²) in [7, 11) is 0. The summed E-state index contributed by atoms with van der Waals surface area (Å²) in [6, 6.07) is 7.42. The van der Waals surface area contributed by atoms with Gasteiger partial charge in [-0.3, -0.25) is 9.59 Å². The molecule has 0 unspecified atom stereocenters. The monoisotopic (exact) mass is 282 g/mol. The summed E-state index contributed by atoms with van der Waals surface area (Å²) in [6.07, 6.45) is 0.184. The highest BCUT2D eigenvalue weighted by Gasteiger charge is 2.27. The number of carbonyl (C=O) groups excluding carboxylic acids is 2. The van der Waals surface area contributed by atoms with Crippen LogP contribution in [0.5, 0.6) is 0 Å². The van der Waals surface area contributed by atoms with E-state index in [1.54, 1.807) is 20.8 Å². The number of benzene rings is 1. The van der Waals surface area contributed by atoms with E-state index in [-0.39, 0.29) is 18.0 Å². The number of rotatable bonds is 3. The van der Waals surface area contributed by atoms with Crippen molar-refractivity contribution in [1.82, 2.24) is 0 Å². The molecule has 0 amide bonds. The van der Waals surface area contributed by atoms with E-state index in [0.717, 1.165) is 10.0 Å². The van der Waals surface area contributed by atoms with Crippen LogP contribution in [0, 0.1) is 5.41 Å². The highest BCUT2D eigenvalue weighted by Crippen LogP contribution is 2.17. The number of Topliss-reactive ketones (excluding diaryl/α,β-unsaturated/α-hetero) is 2. The first-order valence-electron chi connectivity index (χ1n) is 5.13. The molecule has 1 aromatic carbocycles. The van der Waals surface area contributed by atoms with Crippen LogP contribution in [-0.4, -0.2) is 11.6 Å². The minimum absolute atomic E-state index is 0.184. The van der Waals surface area contributed by atoms with Gasteiger partial charge in [0.05, 0.1) is 0 Å². The van der Waals surface area contributed by atoms with E-state index in [9.17, 15) is 9.59 Å². The Morgan fingerprint density at radius 1 is 1.12 bits per heavy atom. The Morgan fingerprint density at radius 3 is 2.06 bits per heavy atom. The predicted octanol–water partition coefficient (Wildman–Crippen LogP) is 3.18. The van der Waals surface area contributed by atoms with Gasteiger partial charge in [0.15, 0.2) is 0 Å². The van der Waals surface area contributed by atoms with E-state index in [2.05, 4.69) is 15.9 Å². The molecule has 1 aromatic rings. The predicted molar refractivity (Wildman–Crippen MR) is 67.3 cm³/mol. The van der Waals surface area contributed by atoms with Crippen molar-refractivity contribution in [3.63, 3.8) is 0 Å². The second kappa shape index (κ2) is 4.91. The van der Waals surface area contributed by atoms with E-state index in [1.807, 2.05) is 24.3 Å².